The number of carbonyl (C=O) groups excluding carboxylic acids is 2. The van der Waals surface area contributed by atoms with Gasteiger partial charge in [-0.25, -0.2) is 4.79 Å². The topological polar surface area (TPSA) is 72.5 Å². The van der Waals surface area contributed by atoms with E-state index in [0.717, 1.165) is 4.47 Å². The molecule has 0 spiro atoms. The van der Waals surface area contributed by atoms with Gasteiger partial charge in [0.15, 0.2) is 6.61 Å². The third-order valence-electron chi connectivity index (χ3n) is 3.06. The lowest BCUT2D eigenvalue weighted by Gasteiger charge is -2.09. The van der Waals surface area contributed by atoms with Crippen LogP contribution in [-0.4, -0.2) is 28.4 Å². The maximum absolute atomic E-state index is 12.2. The van der Waals surface area contributed by atoms with Crippen molar-refractivity contribution in [1.82, 2.24) is 0 Å². The number of rotatable bonds is 6. The zero-order valence-corrected chi connectivity index (χ0v) is 15.4. The van der Waals surface area contributed by atoms with Crippen LogP contribution in [0.3, 0.4) is 0 Å². The van der Waals surface area contributed by atoms with Gasteiger partial charge < -0.3 is 10.1 Å². The van der Waals surface area contributed by atoms with Crippen LogP contribution in [0.2, 0.25) is 0 Å². The van der Waals surface area contributed by atoms with Gasteiger partial charge in [0, 0.05) is 15.9 Å². The van der Waals surface area contributed by atoms with Crippen molar-refractivity contribution in [2.24, 2.45) is 0 Å². The molecule has 24 heavy (non-hydrogen) atoms. The van der Waals surface area contributed by atoms with Crippen molar-refractivity contribution >= 4 is 44.3 Å². The number of amides is 1. The second-order valence-electron chi connectivity index (χ2n) is 4.77. The molecule has 2 rings (SSSR count). The Kier molecular flexibility index (Phi) is 6.69. The average molecular weight is 410 g/mol. The molecule has 0 heterocycles. The van der Waals surface area contributed by atoms with Crippen molar-refractivity contribution in [1.29, 1.82) is 0 Å². The van der Waals surface area contributed by atoms with E-state index in [-0.39, 0.29) is 5.56 Å². The van der Waals surface area contributed by atoms with E-state index < -0.39 is 29.3 Å². The molecule has 0 aromatic heterocycles. The highest BCUT2D eigenvalue weighted by Gasteiger charge is 2.17. The van der Waals surface area contributed by atoms with Crippen molar-refractivity contribution in [3.05, 3.63) is 58.6 Å². The van der Waals surface area contributed by atoms with Crippen LogP contribution in [0, 0.1) is 0 Å². The second kappa shape index (κ2) is 8.75. The zero-order chi connectivity index (χ0) is 17.5. The molecule has 1 amide bonds. The van der Waals surface area contributed by atoms with Crippen LogP contribution in [0.1, 0.15) is 17.3 Å². The number of ether oxygens (including phenoxy) is 1. The summed E-state index contributed by atoms with van der Waals surface area (Å²) in [5.41, 5.74) is 0.811. The fourth-order valence-corrected chi connectivity index (χ4v) is 3.30. The highest BCUT2D eigenvalue weighted by molar-refractivity contribution is 9.10. The number of hydrogen-bond acceptors (Lipinski definition) is 4. The van der Waals surface area contributed by atoms with Crippen LogP contribution in [0.4, 0.5) is 5.69 Å². The molecule has 0 saturated heterocycles. The Hall–Kier alpha value is -1.99. The maximum atomic E-state index is 12.2. The summed E-state index contributed by atoms with van der Waals surface area (Å²) in [6, 6.07) is 13.6. The van der Waals surface area contributed by atoms with Gasteiger partial charge in [-0.1, -0.05) is 41.1 Å². The number of halogens is 1. The van der Waals surface area contributed by atoms with Gasteiger partial charge in [0.05, 0.1) is 21.3 Å². The molecule has 7 heteroatoms. The number of carbonyl (C=O) groups is 2. The van der Waals surface area contributed by atoms with E-state index in [0.29, 0.717) is 16.3 Å². The standard InChI is InChI=1S/C17H16BrNO4S/c1-2-24(22)15-9-4-3-8-14(15)17(21)23-11-16(20)19-13-7-5-6-12(18)10-13/h3-10H,2,11H2,1H3,(H,19,20)/t24-/m0/s1. The predicted molar refractivity (Wildman–Crippen MR) is 96.4 cm³/mol. The molecule has 0 aliphatic heterocycles. The Morgan fingerprint density at radius 3 is 2.62 bits per heavy atom. The lowest BCUT2D eigenvalue weighted by Crippen LogP contribution is -2.21. The molecule has 0 bridgehead atoms. The van der Waals surface area contributed by atoms with Crippen LogP contribution < -0.4 is 5.32 Å². The van der Waals surface area contributed by atoms with Crippen molar-refractivity contribution in [3.8, 4) is 0 Å². The number of esters is 1. The summed E-state index contributed by atoms with van der Waals surface area (Å²) >= 11 is 3.31. The minimum absolute atomic E-state index is 0.216. The van der Waals surface area contributed by atoms with Crippen LogP contribution in [0.15, 0.2) is 57.9 Å². The number of nitrogens with one attached hydrogen (secondary N) is 1. The SMILES string of the molecule is CC[S@](=O)c1ccccc1C(=O)OCC(=O)Nc1cccc(Br)c1. The minimum Gasteiger partial charge on any atom is -0.452 e. The molecule has 1 N–H and O–H groups in total. The molecular formula is C17H16BrNO4S. The highest BCUT2D eigenvalue weighted by Crippen LogP contribution is 2.16. The van der Waals surface area contributed by atoms with E-state index in [9.17, 15) is 13.8 Å². The Morgan fingerprint density at radius 2 is 1.92 bits per heavy atom. The molecule has 2 aromatic rings. The molecule has 1 atom stereocenters. The van der Waals surface area contributed by atoms with Gasteiger partial charge in [0.2, 0.25) is 0 Å². The number of benzene rings is 2. The van der Waals surface area contributed by atoms with E-state index >= 15 is 0 Å². The third-order valence-corrected chi connectivity index (χ3v) is 4.92. The van der Waals surface area contributed by atoms with Gasteiger partial charge in [-0.15, -0.1) is 0 Å². The Morgan fingerprint density at radius 1 is 1.17 bits per heavy atom. The van der Waals surface area contributed by atoms with Gasteiger partial charge in [-0.3, -0.25) is 9.00 Å². The van der Waals surface area contributed by atoms with Crippen molar-refractivity contribution < 1.29 is 18.5 Å². The van der Waals surface area contributed by atoms with Gasteiger partial charge in [-0.2, -0.15) is 0 Å². The quantitative estimate of drug-likeness (QED) is 0.742. The Bertz CT molecular complexity index is 779. The maximum Gasteiger partial charge on any atom is 0.339 e. The Labute approximate surface area is 151 Å². The van der Waals surface area contributed by atoms with E-state index in [2.05, 4.69) is 21.2 Å². The summed E-state index contributed by atoms with van der Waals surface area (Å²) in [5.74, 6) is -0.722. The van der Waals surface area contributed by atoms with E-state index in [1.165, 1.54) is 6.07 Å². The smallest absolute Gasteiger partial charge is 0.339 e. The van der Waals surface area contributed by atoms with Crippen molar-refractivity contribution in [3.63, 3.8) is 0 Å². The molecule has 0 unspecified atom stereocenters. The second-order valence-corrected chi connectivity index (χ2v) is 7.39. The third kappa shape index (κ3) is 5.01. The summed E-state index contributed by atoms with van der Waals surface area (Å²) in [6.07, 6.45) is 0. The van der Waals surface area contributed by atoms with Crippen molar-refractivity contribution in [2.75, 3.05) is 17.7 Å². The fourth-order valence-electron chi connectivity index (χ4n) is 1.96. The fraction of sp³-hybridized carbons (Fsp3) is 0.176. The largest absolute Gasteiger partial charge is 0.452 e. The van der Waals surface area contributed by atoms with Gasteiger partial charge >= 0.3 is 5.97 Å². The molecule has 0 aliphatic carbocycles. The van der Waals surface area contributed by atoms with Gasteiger partial charge in [0.25, 0.3) is 5.91 Å². The molecule has 2 aromatic carbocycles. The van der Waals surface area contributed by atoms with Crippen LogP contribution >= 0.6 is 15.9 Å². The van der Waals surface area contributed by atoms with Crippen LogP contribution in [0.25, 0.3) is 0 Å². The molecule has 0 fully saturated rings. The Balaban J connectivity index is 1.98. The number of hydrogen-bond donors (Lipinski definition) is 1. The zero-order valence-electron chi connectivity index (χ0n) is 13.0. The molecule has 0 radical (unpaired) electrons. The molecular weight excluding hydrogens is 394 g/mol. The predicted octanol–water partition coefficient (Wildman–Crippen LogP) is 3.37. The van der Waals surface area contributed by atoms with Gasteiger partial charge in [0.1, 0.15) is 0 Å². The summed E-state index contributed by atoms with van der Waals surface area (Å²) in [4.78, 5) is 24.4. The summed E-state index contributed by atoms with van der Waals surface area (Å²) in [5, 5.41) is 2.63. The molecule has 126 valence electrons. The molecule has 0 aliphatic rings. The van der Waals surface area contributed by atoms with E-state index in [1.807, 2.05) is 6.07 Å². The van der Waals surface area contributed by atoms with Gasteiger partial charge in [-0.05, 0) is 30.3 Å². The molecule has 5 nitrogen and oxygen atoms in total. The first-order chi connectivity index (χ1) is 11.5. The molecule has 0 saturated carbocycles. The van der Waals surface area contributed by atoms with E-state index in [1.54, 1.807) is 43.3 Å². The first kappa shape index (κ1) is 18.4. The first-order valence-corrected chi connectivity index (χ1v) is 9.32. The lowest BCUT2D eigenvalue weighted by molar-refractivity contribution is -0.119. The van der Waals surface area contributed by atoms with E-state index in [4.69, 9.17) is 4.74 Å². The number of anilines is 1. The highest BCUT2D eigenvalue weighted by atomic mass is 79.9. The minimum atomic E-state index is -1.28. The lowest BCUT2D eigenvalue weighted by atomic mass is 10.2. The van der Waals surface area contributed by atoms with Crippen LogP contribution in [0.5, 0.6) is 0 Å². The summed E-state index contributed by atoms with van der Waals surface area (Å²) in [6.45, 7) is 1.35. The average Bonchev–Trinajstić information content (AvgIpc) is 2.59. The van der Waals surface area contributed by atoms with Crippen LogP contribution in [-0.2, 0) is 20.3 Å². The first-order valence-electron chi connectivity index (χ1n) is 7.21. The summed E-state index contributed by atoms with van der Waals surface area (Å²) in [7, 11) is -1.28. The summed E-state index contributed by atoms with van der Waals surface area (Å²) < 4.78 is 17.8. The monoisotopic (exact) mass is 409 g/mol. The normalized spacial score (nSPS) is 11.6. The van der Waals surface area contributed by atoms with Crippen molar-refractivity contribution in [2.45, 2.75) is 11.8 Å².